The Bertz CT molecular complexity index is 634. The number of carbonyl (C=O) groups excluding carboxylic acids is 1. The first kappa shape index (κ1) is 12.7. The van der Waals surface area contributed by atoms with Gasteiger partial charge in [0.05, 0.1) is 12.2 Å². The molecule has 0 saturated heterocycles. The molecule has 0 bridgehead atoms. The number of aliphatic imine (C=N–C) groups is 1. The largest absolute Gasteiger partial charge is 0.490 e. The maximum Gasteiger partial charge on any atom is 0.277 e. The molecule has 0 N–H and O–H groups in total. The van der Waals surface area contributed by atoms with Crippen molar-refractivity contribution in [2.24, 2.45) is 4.99 Å². The van der Waals surface area contributed by atoms with Crippen molar-refractivity contribution < 1.29 is 9.53 Å². The monoisotopic (exact) mass is 271 g/mol. The molecular formula is C15H17N3O2. The Balaban J connectivity index is 1.95. The van der Waals surface area contributed by atoms with Crippen molar-refractivity contribution in [2.45, 2.75) is 6.92 Å². The van der Waals surface area contributed by atoms with Crippen LogP contribution in [0.3, 0.4) is 0 Å². The van der Waals surface area contributed by atoms with Gasteiger partial charge in [-0.1, -0.05) is 6.07 Å². The number of hydrogen-bond acceptors (Lipinski definition) is 4. The number of benzene rings is 1. The van der Waals surface area contributed by atoms with E-state index >= 15 is 0 Å². The van der Waals surface area contributed by atoms with E-state index in [-0.39, 0.29) is 5.91 Å². The molecule has 1 amide bonds. The number of rotatable bonds is 1. The molecule has 2 heterocycles. The van der Waals surface area contributed by atoms with Crippen molar-refractivity contribution in [3.05, 3.63) is 29.5 Å². The van der Waals surface area contributed by atoms with E-state index in [4.69, 9.17) is 4.74 Å². The summed E-state index contributed by atoms with van der Waals surface area (Å²) in [6, 6.07) is 5.95. The zero-order chi connectivity index (χ0) is 14.3. The van der Waals surface area contributed by atoms with E-state index in [2.05, 4.69) is 9.89 Å². The molecule has 20 heavy (non-hydrogen) atoms. The van der Waals surface area contributed by atoms with Crippen LogP contribution in [0.5, 0.6) is 5.75 Å². The number of likely N-dealkylation sites (N-methyl/N-ethyl adjacent to an activating group) is 2. The van der Waals surface area contributed by atoms with Gasteiger partial charge in [-0.2, -0.15) is 0 Å². The molecule has 0 radical (unpaired) electrons. The van der Waals surface area contributed by atoms with E-state index in [1.165, 1.54) is 0 Å². The molecule has 2 aliphatic rings. The quantitative estimate of drug-likeness (QED) is 0.731. The second-order valence-corrected chi connectivity index (χ2v) is 5.05. The fraction of sp³-hybridized carbons (Fsp3) is 0.333. The second kappa shape index (κ2) is 4.67. The van der Waals surface area contributed by atoms with Crippen LogP contribution in [0, 0.1) is 0 Å². The molecule has 0 saturated carbocycles. The van der Waals surface area contributed by atoms with Crippen molar-refractivity contribution >= 4 is 23.5 Å². The number of hydrogen-bond donors (Lipinski definition) is 0. The maximum atomic E-state index is 12.0. The van der Waals surface area contributed by atoms with Crippen molar-refractivity contribution in [2.75, 3.05) is 32.1 Å². The third kappa shape index (κ3) is 2.05. The minimum Gasteiger partial charge on any atom is -0.490 e. The molecule has 3 rings (SSSR count). The standard InChI is InChI=1S/C15H17N3O2/c1-10-16-12(15(19)18(10)3)8-11-4-5-13-14(9-11)20-7-6-17(13)2/h4-5,8-9H,6-7H2,1-3H3/b12-8-. The lowest BCUT2D eigenvalue weighted by atomic mass is 10.1. The van der Waals surface area contributed by atoms with Crippen LogP contribution in [0.2, 0.25) is 0 Å². The van der Waals surface area contributed by atoms with Crippen LogP contribution in [0.15, 0.2) is 28.9 Å². The van der Waals surface area contributed by atoms with Gasteiger partial charge in [0.15, 0.2) is 0 Å². The van der Waals surface area contributed by atoms with Gasteiger partial charge in [0.25, 0.3) is 5.91 Å². The van der Waals surface area contributed by atoms with Gasteiger partial charge in [0.1, 0.15) is 23.9 Å². The van der Waals surface area contributed by atoms with Crippen LogP contribution in [-0.2, 0) is 4.79 Å². The predicted octanol–water partition coefficient (Wildman–Crippen LogP) is 1.75. The highest BCUT2D eigenvalue weighted by atomic mass is 16.5. The van der Waals surface area contributed by atoms with E-state index in [0.29, 0.717) is 12.3 Å². The zero-order valence-electron chi connectivity index (χ0n) is 11.9. The summed E-state index contributed by atoms with van der Waals surface area (Å²) < 4.78 is 5.67. The van der Waals surface area contributed by atoms with Crippen molar-refractivity contribution in [3.8, 4) is 5.75 Å². The number of nitrogens with zero attached hydrogens (tertiary/aromatic N) is 3. The first-order valence-corrected chi connectivity index (χ1v) is 6.59. The molecule has 0 atom stereocenters. The summed E-state index contributed by atoms with van der Waals surface area (Å²) in [6.45, 7) is 3.40. The first-order valence-electron chi connectivity index (χ1n) is 6.59. The Morgan fingerprint density at radius 3 is 2.85 bits per heavy atom. The summed E-state index contributed by atoms with van der Waals surface area (Å²) in [7, 11) is 3.77. The third-order valence-corrected chi connectivity index (χ3v) is 3.67. The van der Waals surface area contributed by atoms with Crippen molar-refractivity contribution in [1.82, 2.24) is 4.90 Å². The Kier molecular flexibility index (Phi) is 2.97. The Hall–Kier alpha value is -2.30. The highest BCUT2D eigenvalue weighted by Crippen LogP contribution is 2.32. The SMILES string of the molecule is CC1=N/C(=C\c2ccc3c(c2)OCCN3C)C(=O)N1C. The highest BCUT2D eigenvalue weighted by molar-refractivity contribution is 6.13. The Morgan fingerprint density at radius 1 is 1.35 bits per heavy atom. The molecule has 0 aliphatic carbocycles. The van der Waals surface area contributed by atoms with Crippen LogP contribution in [0.1, 0.15) is 12.5 Å². The molecule has 104 valence electrons. The van der Waals surface area contributed by atoms with Gasteiger partial charge < -0.3 is 9.64 Å². The number of carbonyl (C=O) groups is 1. The molecule has 0 spiro atoms. The minimum absolute atomic E-state index is 0.0711. The van der Waals surface area contributed by atoms with E-state index < -0.39 is 0 Å². The lowest BCUT2D eigenvalue weighted by molar-refractivity contribution is -0.121. The highest BCUT2D eigenvalue weighted by Gasteiger charge is 2.23. The maximum absolute atomic E-state index is 12.0. The molecule has 2 aliphatic heterocycles. The molecule has 0 aromatic heterocycles. The van der Waals surface area contributed by atoms with E-state index in [1.54, 1.807) is 18.0 Å². The fourth-order valence-corrected chi connectivity index (χ4v) is 2.33. The predicted molar refractivity (Wildman–Crippen MR) is 79.1 cm³/mol. The van der Waals surface area contributed by atoms with Gasteiger partial charge in [-0.25, -0.2) is 4.99 Å². The third-order valence-electron chi connectivity index (χ3n) is 3.67. The first-order chi connectivity index (χ1) is 9.56. The number of anilines is 1. The minimum atomic E-state index is -0.0711. The van der Waals surface area contributed by atoms with Gasteiger partial charge in [0, 0.05) is 14.1 Å². The van der Waals surface area contributed by atoms with Crippen LogP contribution in [-0.4, -0.2) is 43.9 Å². The van der Waals surface area contributed by atoms with Crippen LogP contribution < -0.4 is 9.64 Å². The number of ether oxygens (including phenoxy) is 1. The van der Waals surface area contributed by atoms with Gasteiger partial charge in [-0.05, 0) is 30.7 Å². The smallest absolute Gasteiger partial charge is 0.277 e. The molecule has 0 unspecified atom stereocenters. The van der Waals surface area contributed by atoms with E-state index in [1.807, 2.05) is 32.2 Å². The lowest BCUT2D eigenvalue weighted by Gasteiger charge is -2.27. The summed E-state index contributed by atoms with van der Waals surface area (Å²) >= 11 is 0. The van der Waals surface area contributed by atoms with Crippen LogP contribution >= 0.6 is 0 Å². The van der Waals surface area contributed by atoms with Crippen molar-refractivity contribution in [1.29, 1.82) is 0 Å². The molecule has 0 fully saturated rings. The summed E-state index contributed by atoms with van der Waals surface area (Å²) in [4.78, 5) is 19.9. The lowest BCUT2D eigenvalue weighted by Crippen LogP contribution is -2.28. The second-order valence-electron chi connectivity index (χ2n) is 5.05. The topological polar surface area (TPSA) is 45.1 Å². The molecule has 5 nitrogen and oxygen atoms in total. The van der Waals surface area contributed by atoms with Gasteiger partial charge in [0.2, 0.25) is 0 Å². The van der Waals surface area contributed by atoms with E-state index in [0.717, 1.165) is 29.4 Å². The average molecular weight is 271 g/mol. The molecule has 5 heteroatoms. The summed E-state index contributed by atoms with van der Waals surface area (Å²) in [5.74, 6) is 1.50. The number of fused-ring (bicyclic) bond motifs is 1. The molecule has 1 aromatic carbocycles. The summed E-state index contributed by atoms with van der Waals surface area (Å²) in [6.07, 6.45) is 1.80. The average Bonchev–Trinajstić information content (AvgIpc) is 2.67. The zero-order valence-corrected chi connectivity index (χ0v) is 11.9. The molecular weight excluding hydrogens is 254 g/mol. The normalized spacial score (nSPS) is 20.1. The van der Waals surface area contributed by atoms with Crippen LogP contribution in [0.4, 0.5) is 5.69 Å². The molecule has 1 aromatic rings. The Labute approximate surface area is 118 Å². The summed E-state index contributed by atoms with van der Waals surface area (Å²) in [5.41, 5.74) is 2.47. The Morgan fingerprint density at radius 2 is 2.15 bits per heavy atom. The van der Waals surface area contributed by atoms with Gasteiger partial charge in [-0.15, -0.1) is 0 Å². The van der Waals surface area contributed by atoms with Gasteiger partial charge >= 0.3 is 0 Å². The van der Waals surface area contributed by atoms with E-state index in [9.17, 15) is 4.79 Å². The number of amidine groups is 1. The number of amides is 1. The van der Waals surface area contributed by atoms with Crippen LogP contribution in [0.25, 0.3) is 6.08 Å². The summed E-state index contributed by atoms with van der Waals surface area (Å²) in [5, 5.41) is 0. The van der Waals surface area contributed by atoms with Crippen molar-refractivity contribution in [3.63, 3.8) is 0 Å². The fourth-order valence-electron chi connectivity index (χ4n) is 2.33. The van der Waals surface area contributed by atoms with Gasteiger partial charge in [-0.3, -0.25) is 9.69 Å².